The summed E-state index contributed by atoms with van der Waals surface area (Å²) >= 11 is 0. The van der Waals surface area contributed by atoms with Gasteiger partial charge in [0.1, 0.15) is 5.75 Å². The summed E-state index contributed by atoms with van der Waals surface area (Å²) in [6, 6.07) is 15.3. The Labute approximate surface area is 175 Å². The number of para-hydroxylation sites is 2. The zero-order valence-corrected chi connectivity index (χ0v) is 18.3. The van der Waals surface area contributed by atoms with E-state index in [-0.39, 0.29) is 0 Å². The van der Waals surface area contributed by atoms with E-state index in [1.54, 1.807) is 23.5 Å². The first kappa shape index (κ1) is 21.7. The second kappa shape index (κ2) is 10.1. The van der Waals surface area contributed by atoms with Gasteiger partial charge in [-0.1, -0.05) is 50.5 Å². The first-order valence-corrected chi connectivity index (χ1v) is 12.0. The van der Waals surface area contributed by atoms with Gasteiger partial charge in [0.2, 0.25) is 10.0 Å². The molecule has 5 nitrogen and oxygen atoms in total. The van der Waals surface area contributed by atoms with Crippen LogP contribution in [0.5, 0.6) is 5.75 Å². The molecule has 0 amide bonds. The quantitative estimate of drug-likeness (QED) is 0.571. The maximum Gasteiger partial charge on any atom is 0.243 e. The molecule has 0 spiro atoms. The topological polar surface area (TPSA) is 49.9 Å². The number of rotatable bonds is 9. The van der Waals surface area contributed by atoms with Crippen LogP contribution in [-0.4, -0.2) is 46.0 Å². The third-order valence-corrected chi connectivity index (χ3v) is 7.46. The summed E-state index contributed by atoms with van der Waals surface area (Å²) in [6.07, 6.45) is 5.88. The summed E-state index contributed by atoms with van der Waals surface area (Å²) < 4.78 is 33.1. The fourth-order valence-corrected chi connectivity index (χ4v) is 5.22. The van der Waals surface area contributed by atoms with E-state index in [2.05, 4.69) is 11.8 Å². The fraction of sp³-hybridized carbons (Fsp3) is 0.478. The Bertz CT molecular complexity index is 873. The minimum absolute atomic E-state index is 0.389. The van der Waals surface area contributed by atoms with Crippen molar-refractivity contribution in [2.24, 2.45) is 0 Å². The second-order valence-electron chi connectivity index (χ2n) is 7.52. The molecule has 1 heterocycles. The average molecular weight is 417 g/mol. The molecule has 2 aromatic rings. The summed E-state index contributed by atoms with van der Waals surface area (Å²) in [7, 11) is -1.79. The van der Waals surface area contributed by atoms with Gasteiger partial charge in [0.25, 0.3) is 0 Å². The Balaban J connectivity index is 1.61. The van der Waals surface area contributed by atoms with Crippen LogP contribution in [0.4, 0.5) is 5.69 Å². The van der Waals surface area contributed by atoms with Crippen molar-refractivity contribution in [2.45, 2.75) is 43.9 Å². The molecule has 29 heavy (non-hydrogen) atoms. The number of ether oxygens (including phenoxy) is 1. The number of anilines is 1. The molecule has 6 heteroatoms. The molecule has 1 aliphatic rings. The van der Waals surface area contributed by atoms with Gasteiger partial charge in [-0.25, -0.2) is 8.42 Å². The molecule has 0 N–H and O–H groups in total. The van der Waals surface area contributed by atoms with Gasteiger partial charge in [0.15, 0.2) is 0 Å². The molecule has 0 aromatic heterocycles. The van der Waals surface area contributed by atoms with Crippen molar-refractivity contribution in [3.63, 3.8) is 0 Å². The van der Waals surface area contributed by atoms with Crippen LogP contribution >= 0.6 is 0 Å². The Kier molecular flexibility index (Phi) is 7.56. The summed E-state index contributed by atoms with van der Waals surface area (Å²) in [6.45, 7) is 4.44. The van der Waals surface area contributed by atoms with E-state index >= 15 is 0 Å². The maximum atomic E-state index is 13.0. The average Bonchev–Trinajstić information content (AvgIpc) is 2.77. The van der Waals surface area contributed by atoms with Crippen molar-refractivity contribution in [1.82, 2.24) is 4.31 Å². The molecule has 0 atom stereocenters. The van der Waals surface area contributed by atoms with Crippen molar-refractivity contribution in [2.75, 3.05) is 38.2 Å². The molecule has 0 aliphatic carbocycles. The highest BCUT2D eigenvalue weighted by Crippen LogP contribution is 2.29. The van der Waals surface area contributed by atoms with Crippen LogP contribution in [0.25, 0.3) is 0 Å². The normalized spacial score (nSPS) is 15.4. The van der Waals surface area contributed by atoms with E-state index < -0.39 is 10.0 Å². The lowest BCUT2D eigenvalue weighted by molar-refractivity contribution is 0.378. The van der Waals surface area contributed by atoms with Gasteiger partial charge in [-0.05, 0) is 42.7 Å². The van der Waals surface area contributed by atoms with Crippen LogP contribution in [0.3, 0.4) is 0 Å². The molecule has 1 fully saturated rings. The lowest BCUT2D eigenvalue weighted by Crippen LogP contribution is -2.48. The fourth-order valence-electron chi connectivity index (χ4n) is 3.79. The Morgan fingerprint density at radius 2 is 1.59 bits per heavy atom. The number of hydrogen-bond donors (Lipinski definition) is 0. The van der Waals surface area contributed by atoms with Crippen molar-refractivity contribution < 1.29 is 13.2 Å². The van der Waals surface area contributed by atoms with Crippen molar-refractivity contribution in [3.05, 3.63) is 54.1 Å². The predicted octanol–water partition coefficient (Wildman–Crippen LogP) is 4.33. The highest BCUT2D eigenvalue weighted by molar-refractivity contribution is 7.89. The van der Waals surface area contributed by atoms with E-state index in [4.69, 9.17) is 4.74 Å². The third kappa shape index (κ3) is 5.31. The molecule has 0 unspecified atom stereocenters. The number of sulfonamides is 1. The number of aryl methyl sites for hydroxylation is 1. The molecule has 0 saturated carbocycles. The largest absolute Gasteiger partial charge is 0.495 e. The number of hydrogen-bond acceptors (Lipinski definition) is 4. The van der Waals surface area contributed by atoms with Gasteiger partial charge in [-0.15, -0.1) is 0 Å². The van der Waals surface area contributed by atoms with E-state index in [1.165, 1.54) is 24.8 Å². The van der Waals surface area contributed by atoms with E-state index in [0.717, 1.165) is 24.3 Å². The summed E-state index contributed by atoms with van der Waals surface area (Å²) in [5.41, 5.74) is 2.22. The van der Waals surface area contributed by atoms with Crippen LogP contribution in [-0.2, 0) is 16.4 Å². The monoisotopic (exact) mass is 416 g/mol. The minimum atomic E-state index is -3.45. The van der Waals surface area contributed by atoms with Crippen molar-refractivity contribution in [1.29, 1.82) is 0 Å². The molecular formula is C23H32N2O3S. The van der Waals surface area contributed by atoms with Crippen molar-refractivity contribution in [3.8, 4) is 5.75 Å². The van der Waals surface area contributed by atoms with E-state index in [1.807, 2.05) is 36.4 Å². The highest BCUT2D eigenvalue weighted by atomic mass is 32.2. The Morgan fingerprint density at radius 1 is 0.897 bits per heavy atom. The van der Waals surface area contributed by atoms with E-state index in [0.29, 0.717) is 31.1 Å². The number of benzene rings is 2. The van der Waals surface area contributed by atoms with Crippen LogP contribution in [0, 0.1) is 0 Å². The number of piperazine rings is 1. The molecule has 2 aromatic carbocycles. The molecule has 0 radical (unpaired) electrons. The smallest absolute Gasteiger partial charge is 0.243 e. The molecule has 1 saturated heterocycles. The van der Waals surface area contributed by atoms with E-state index in [9.17, 15) is 8.42 Å². The second-order valence-corrected chi connectivity index (χ2v) is 9.46. The third-order valence-electron chi connectivity index (χ3n) is 5.54. The van der Waals surface area contributed by atoms with Gasteiger partial charge in [-0.3, -0.25) is 0 Å². The molecular weight excluding hydrogens is 384 g/mol. The lowest BCUT2D eigenvalue weighted by Gasteiger charge is -2.35. The highest BCUT2D eigenvalue weighted by Gasteiger charge is 2.29. The van der Waals surface area contributed by atoms with Gasteiger partial charge >= 0.3 is 0 Å². The standard InChI is InChI=1S/C23H32N2O3S/c1-3-4-5-6-9-20-12-14-21(15-13-20)29(26,27)25-18-16-24(17-19-25)22-10-7-8-11-23(22)28-2/h7-8,10-15H,3-6,9,16-19H2,1-2H3. The molecule has 3 rings (SSSR count). The van der Waals surface area contributed by atoms with Gasteiger partial charge in [0.05, 0.1) is 17.7 Å². The number of nitrogens with zero attached hydrogens (tertiary/aromatic N) is 2. The summed E-state index contributed by atoms with van der Waals surface area (Å²) in [5.74, 6) is 0.818. The molecule has 0 bridgehead atoms. The van der Waals surface area contributed by atoms with Gasteiger partial charge in [-0.2, -0.15) is 4.31 Å². The SMILES string of the molecule is CCCCCCc1ccc(S(=O)(=O)N2CCN(c3ccccc3OC)CC2)cc1. The van der Waals surface area contributed by atoms with Gasteiger partial charge in [0, 0.05) is 26.2 Å². The van der Waals surface area contributed by atoms with Crippen molar-refractivity contribution >= 4 is 15.7 Å². The number of unbranched alkanes of at least 4 members (excludes halogenated alkanes) is 3. The zero-order chi connectivity index (χ0) is 20.7. The molecule has 158 valence electrons. The van der Waals surface area contributed by atoms with Gasteiger partial charge < -0.3 is 9.64 Å². The molecule has 1 aliphatic heterocycles. The van der Waals surface area contributed by atoms with Crippen LogP contribution < -0.4 is 9.64 Å². The Hall–Kier alpha value is -2.05. The summed E-state index contributed by atoms with van der Waals surface area (Å²) in [4.78, 5) is 2.57. The van der Waals surface area contributed by atoms with Crippen LogP contribution in [0.15, 0.2) is 53.4 Å². The van der Waals surface area contributed by atoms with Crippen LogP contribution in [0.1, 0.15) is 38.2 Å². The minimum Gasteiger partial charge on any atom is -0.495 e. The lowest BCUT2D eigenvalue weighted by atomic mass is 10.1. The first-order chi connectivity index (χ1) is 14.1. The predicted molar refractivity (Wildman–Crippen MR) is 118 cm³/mol. The maximum absolute atomic E-state index is 13.0. The summed E-state index contributed by atoms with van der Waals surface area (Å²) in [5, 5.41) is 0. The number of methoxy groups -OCH3 is 1. The Morgan fingerprint density at radius 3 is 2.24 bits per heavy atom. The van der Waals surface area contributed by atoms with Crippen LogP contribution in [0.2, 0.25) is 0 Å². The zero-order valence-electron chi connectivity index (χ0n) is 17.5. The first-order valence-electron chi connectivity index (χ1n) is 10.5.